The summed E-state index contributed by atoms with van der Waals surface area (Å²) < 4.78 is 8.04. The van der Waals surface area contributed by atoms with Crippen molar-refractivity contribution in [3.63, 3.8) is 0 Å². The van der Waals surface area contributed by atoms with Crippen molar-refractivity contribution in [3.8, 4) is 5.75 Å². The lowest BCUT2D eigenvalue weighted by Gasteiger charge is -2.32. The van der Waals surface area contributed by atoms with Crippen molar-refractivity contribution >= 4 is 11.8 Å². The molecule has 1 atom stereocenters. The maximum Gasteiger partial charge on any atom is 0.257 e. The standard InChI is InChI=1S/C28H35N5O3/c1-31-16-8-3-9-18-33(27(34)15-10-17-32-22-29-21-30-32)24(19-23-11-4-2-5-12-23)20-36-26-14-7-6-13-25(26)28(31)35/h2,4-7,11-14,21-22,24H,3,8-10,15-20H2,1H3/t24-/m0/s1. The van der Waals surface area contributed by atoms with Gasteiger partial charge >= 0.3 is 0 Å². The number of fused-ring (bicyclic) bond motifs is 1. The van der Waals surface area contributed by atoms with Crippen LogP contribution in [-0.2, 0) is 17.8 Å². The van der Waals surface area contributed by atoms with Gasteiger partial charge < -0.3 is 14.5 Å². The van der Waals surface area contributed by atoms with Crippen LogP contribution in [0.4, 0.5) is 0 Å². The molecular formula is C28H35N5O3. The summed E-state index contributed by atoms with van der Waals surface area (Å²) in [5.74, 6) is 0.645. The first-order valence-corrected chi connectivity index (χ1v) is 12.7. The van der Waals surface area contributed by atoms with Gasteiger partial charge in [0.1, 0.15) is 25.0 Å². The lowest BCUT2D eigenvalue weighted by Crippen LogP contribution is -2.45. The molecule has 1 aliphatic heterocycles. The number of carbonyl (C=O) groups is 2. The second-order valence-electron chi connectivity index (χ2n) is 9.29. The summed E-state index contributed by atoms with van der Waals surface area (Å²) in [7, 11) is 1.84. The van der Waals surface area contributed by atoms with Crippen LogP contribution >= 0.6 is 0 Å². The molecule has 0 bridgehead atoms. The number of hydrogen-bond donors (Lipinski definition) is 0. The fourth-order valence-corrected chi connectivity index (χ4v) is 4.61. The van der Waals surface area contributed by atoms with Crippen molar-refractivity contribution in [1.82, 2.24) is 24.6 Å². The van der Waals surface area contributed by atoms with Gasteiger partial charge in [-0.05, 0) is 49.8 Å². The van der Waals surface area contributed by atoms with Crippen LogP contribution in [0, 0.1) is 0 Å². The largest absolute Gasteiger partial charge is 0.491 e. The number of nitrogens with zero attached hydrogens (tertiary/aromatic N) is 5. The van der Waals surface area contributed by atoms with E-state index in [1.54, 1.807) is 15.9 Å². The number of hydrogen-bond acceptors (Lipinski definition) is 5. The molecule has 2 aromatic carbocycles. The van der Waals surface area contributed by atoms with Crippen molar-refractivity contribution in [3.05, 3.63) is 78.4 Å². The van der Waals surface area contributed by atoms with E-state index in [1.807, 2.05) is 54.4 Å². The van der Waals surface area contributed by atoms with E-state index >= 15 is 0 Å². The van der Waals surface area contributed by atoms with E-state index < -0.39 is 0 Å². The van der Waals surface area contributed by atoms with Gasteiger partial charge in [0.2, 0.25) is 5.91 Å². The molecule has 0 radical (unpaired) electrons. The fraction of sp³-hybridized carbons (Fsp3) is 0.429. The number of aromatic nitrogens is 3. The Morgan fingerprint density at radius 1 is 1.03 bits per heavy atom. The molecule has 36 heavy (non-hydrogen) atoms. The lowest BCUT2D eigenvalue weighted by atomic mass is 10.0. The number of benzene rings is 2. The van der Waals surface area contributed by atoms with Gasteiger partial charge in [-0.3, -0.25) is 14.3 Å². The lowest BCUT2D eigenvalue weighted by molar-refractivity contribution is -0.134. The zero-order valence-electron chi connectivity index (χ0n) is 21.0. The van der Waals surface area contributed by atoms with Gasteiger partial charge in [-0.2, -0.15) is 5.10 Å². The fourth-order valence-electron chi connectivity index (χ4n) is 4.61. The van der Waals surface area contributed by atoms with E-state index in [2.05, 4.69) is 22.2 Å². The molecule has 0 fully saturated rings. The Hall–Kier alpha value is -3.68. The maximum atomic E-state index is 13.5. The SMILES string of the molecule is CN1CCCCCN(C(=O)CCCn2cncn2)[C@@H](Cc2ccccc2)COc2ccccc2C1=O. The first kappa shape index (κ1) is 25.4. The number of amides is 2. The van der Waals surface area contributed by atoms with Crippen LogP contribution in [0.25, 0.3) is 0 Å². The molecular weight excluding hydrogens is 454 g/mol. The zero-order chi connectivity index (χ0) is 25.2. The van der Waals surface area contributed by atoms with Crippen LogP contribution < -0.4 is 4.74 Å². The normalized spacial score (nSPS) is 17.4. The van der Waals surface area contributed by atoms with Gasteiger partial charge in [0.05, 0.1) is 11.6 Å². The summed E-state index contributed by atoms with van der Waals surface area (Å²) in [6.07, 6.45) is 7.72. The van der Waals surface area contributed by atoms with E-state index in [4.69, 9.17) is 4.74 Å². The predicted molar refractivity (Wildman–Crippen MR) is 138 cm³/mol. The van der Waals surface area contributed by atoms with Gasteiger partial charge in [0.25, 0.3) is 5.91 Å². The molecule has 0 N–H and O–H groups in total. The molecule has 0 saturated carbocycles. The highest BCUT2D eigenvalue weighted by Gasteiger charge is 2.26. The van der Waals surface area contributed by atoms with Crippen LogP contribution in [0.15, 0.2) is 67.3 Å². The van der Waals surface area contributed by atoms with Crippen molar-refractivity contribution < 1.29 is 14.3 Å². The predicted octanol–water partition coefficient (Wildman–Crippen LogP) is 3.83. The number of carbonyl (C=O) groups excluding carboxylic acids is 2. The zero-order valence-corrected chi connectivity index (χ0v) is 21.0. The van der Waals surface area contributed by atoms with E-state index in [9.17, 15) is 9.59 Å². The quantitative estimate of drug-likeness (QED) is 0.526. The molecule has 1 aromatic heterocycles. The molecule has 1 aliphatic rings. The number of ether oxygens (including phenoxy) is 1. The van der Waals surface area contributed by atoms with Crippen LogP contribution in [0.5, 0.6) is 5.75 Å². The third-order valence-electron chi connectivity index (χ3n) is 6.61. The van der Waals surface area contributed by atoms with Crippen LogP contribution in [-0.4, -0.2) is 69.2 Å². The van der Waals surface area contributed by atoms with Crippen LogP contribution in [0.3, 0.4) is 0 Å². The molecule has 0 aliphatic carbocycles. The highest BCUT2D eigenvalue weighted by atomic mass is 16.5. The summed E-state index contributed by atoms with van der Waals surface area (Å²) in [4.78, 5) is 34.3. The third-order valence-corrected chi connectivity index (χ3v) is 6.61. The van der Waals surface area contributed by atoms with E-state index in [0.717, 1.165) is 24.8 Å². The summed E-state index contributed by atoms with van der Waals surface area (Å²) in [5, 5.41) is 4.14. The van der Waals surface area contributed by atoms with Crippen molar-refractivity contribution in [2.45, 2.75) is 51.1 Å². The van der Waals surface area contributed by atoms with Gasteiger partial charge in [0, 0.05) is 33.1 Å². The number of rotatable bonds is 6. The Labute approximate surface area is 212 Å². The maximum absolute atomic E-state index is 13.5. The first-order valence-electron chi connectivity index (χ1n) is 12.7. The molecule has 0 saturated heterocycles. The first-order chi connectivity index (χ1) is 17.6. The minimum Gasteiger partial charge on any atom is -0.491 e. The molecule has 0 spiro atoms. The molecule has 3 aromatic rings. The van der Waals surface area contributed by atoms with E-state index in [1.165, 1.54) is 6.33 Å². The Balaban J connectivity index is 1.56. The molecule has 8 nitrogen and oxygen atoms in total. The Kier molecular flexibility index (Phi) is 9.08. The average Bonchev–Trinajstić information content (AvgIpc) is 3.42. The third kappa shape index (κ3) is 6.93. The second kappa shape index (κ2) is 12.9. The topological polar surface area (TPSA) is 80.6 Å². The van der Waals surface area contributed by atoms with Crippen molar-refractivity contribution in [2.75, 3.05) is 26.7 Å². The number of para-hydroxylation sites is 1. The summed E-state index contributed by atoms with van der Waals surface area (Å²) in [6, 6.07) is 17.4. The summed E-state index contributed by atoms with van der Waals surface area (Å²) >= 11 is 0. The van der Waals surface area contributed by atoms with Gasteiger partial charge in [0.15, 0.2) is 0 Å². The Morgan fingerprint density at radius 3 is 2.61 bits per heavy atom. The molecule has 190 valence electrons. The second-order valence-corrected chi connectivity index (χ2v) is 9.29. The molecule has 0 unspecified atom stereocenters. The average molecular weight is 490 g/mol. The minimum absolute atomic E-state index is 0.0366. The molecule has 2 heterocycles. The summed E-state index contributed by atoms with van der Waals surface area (Å²) in [6.45, 7) is 2.31. The van der Waals surface area contributed by atoms with Gasteiger partial charge in [-0.1, -0.05) is 42.5 Å². The monoisotopic (exact) mass is 489 g/mol. The highest BCUT2D eigenvalue weighted by molar-refractivity contribution is 5.96. The molecule has 2 amide bonds. The highest BCUT2D eigenvalue weighted by Crippen LogP contribution is 2.22. The van der Waals surface area contributed by atoms with Crippen molar-refractivity contribution in [1.29, 1.82) is 0 Å². The minimum atomic E-state index is -0.145. The van der Waals surface area contributed by atoms with Crippen molar-refractivity contribution in [2.24, 2.45) is 0 Å². The Bertz CT molecular complexity index is 1100. The van der Waals surface area contributed by atoms with Gasteiger partial charge in [-0.15, -0.1) is 0 Å². The Morgan fingerprint density at radius 2 is 1.81 bits per heavy atom. The molecule has 4 rings (SSSR count). The van der Waals surface area contributed by atoms with Gasteiger partial charge in [-0.25, -0.2) is 4.98 Å². The van der Waals surface area contributed by atoms with E-state index in [0.29, 0.717) is 56.8 Å². The van der Waals surface area contributed by atoms with Crippen LogP contribution in [0.1, 0.15) is 48.0 Å². The van der Waals surface area contributed by atoms with Crippen LogP contribution in [0.2, 0.25) is 0 Å². The molecule has 8 heteroatoms. The summed E-state index contributed by atoms with van der Waals surface area (Å²) in [5.41, 5.74) is 1.71. The smallest absolute Gasteiger partial charge is 0.257 e. The number of aryl methyl sites for hydroxylation is 1. The van der Waals surface area contributed by atoms with E-state index in [-0.39, 0.29) is 17.9 Å².